The van der Waals surface area contributed by atoms with E-state index in [0.717, 1.165) is 30.5 Å². The van der Waals surface area contributed by atoms with Crippen molar-refractivity contribution in [1.82, 2.24) is 9.97 Å². The second-order valence-corrected chi connectivity index (χ2v) is 4.07. The first-order valence-corrected chi connectivity index (χ1v) is 5.94. The normalized spacial score (nSPS) is 10.6. The third-order valence-electron chi connectivity index (χ3n) is 2.44. The average Bonchev–Trinajstić information content (AvgIpc) is 2.17. The molecule has 90 valence electrons. The quantitative estimate of drug-likeness (QED) is 0.831. The van der Waals surface area contributed by atoms with Gasteiger partial charge in [0.2, 0.25) is 0 Å². The maximum atomic E-state index is 4.48. The van der Waals surface area contributed by atoms with Gasteiger partial charge < -0.3 is 10.2 Å². The molecular formula is C12H22N4. The van der Waals surface area contributed by atoms with Crippen molar-refractivity contribution in [2.24, 2.45) is 0 Å². The van der Waals surface area contributed by atoms with E-state index in [1.807, 2.05) is 13.0 Å². The van der Waals surface area contributed by atoms with E-state index in [1.165, 1.54) is 0 Å². The number of anilines is 2. The summed E-state index contributed by atoms with van der Waals surface area (Å²) in [6, 6.07) is 2.47. The fourth-order valence-electron chi connectivity index (χ4n) is 1.76. The Morgan fingerprint density at radius 1 is 1.31 bits per heavy atom. The lowest BCUT2D eigenvalue weighted by atomic mass is 10.3. The van der Waals surface area contributed by atoms with Crippen molar-refractivity contribution in [2.45, 2.75) is 40.7 Å². The van der Waals surface area contributed by atoms with Gasteiger partial charge in [0.25, 0.3) is 0 Å². The Hall–Kier alpha value is -1.32. The highest BCUT2D eigenvalue weighted by Gasteiger charge is 2.11. The fourth-order valence-corrected chi connectivity index (χ4v) is 1.76. The summed E-state index contributed by atoms with van der Waals surface area (Å²) >= 11 is 0. The molecule has 16 heavy (non-hydrogen) atoms. The Balaban J connectivity index is 3.02. The van der Waals surface area contributed by atoms with Gasteiger partial charge in [0.1, 0.15) is 17.5 Å². The van der Waals surface area contributed by atoms with Gasteiger partial charge in [-0.3, -0.25) is 0 Å². The number of hydrogen-bond donors (Lipinski definition) is 1. The van der Waals surface area contributed by atoms with Crippen molar-refractivity contribution in [2.75, 3.05) is 23.3 Å². The highest BCUT2D eigenvalue weighted by atomic mass is 15.2. The Bertz CT molecular complexity index is 336. The summed E-state index contributed by atoms with van der Waals surface area (Å²) in [5, 5.41) is 3.23. The largest absolute Gasteiger partial charge is 0.370 e. The van der Waals surface area contributed by atoms with Crippen molar-refractivity contribution in [1.29, 1.82) is 0 Å². The first-order chi connectivity index (χ1) is 7.58. The van der Waals surface area contributed by atoms with Crippen LogP contribution in [0.3, 0.4) is 0 Å². The number of nitrogens with one attached hydrogen (secondary N) is 1. The van der Waals surface area contributed by atoms with Crippen LogP contribution in [0.2, 0.25) is 0 Å². The Kier molecular flexibility index (Phi) is 4.52. The number of nitrogens with zero attached hydrogens (tertiary/aromatic N) is 3. The first kappa shape index (κ1) is 12.7. The maximum absolute atomic E-state index is 4.48. The minimum Gasteiger partial charge on any atom is -0.370 e. The SMILES string of the molecule is CCNc1cc(N(CC)C(C)C)nc(C)n1. The molecule has 0 radical (unpaired) electrons. The van der Waals surface area contributed by atoms with Crippen molar-refractivity contribution in [3.8, 4) is 0 Å². The van der Waals surface area contributed by atoms with E-state index in [0.29, 0.717) is 6.04 Å². The molecule has 0 atom stereocenters. The van der Waals surface area contributed by atoms with Crippen LogP contribution in [-0.4, -0.2) is 29.1 Å². The maximum Gasteiger partial charge on any atom is 0.134 e. The van der Waals surface area contributed by atoms with Crippen LogP contribution in [0.15, 0.2) is 6.07 Å². The fraction of sp³-hybridized carbons (Fsp3) is 0.667. The van der Waals surface area contributed by atoms with E-state index < -0.39 is 0 Å². The molecule has 0 unspecified atom stereocenters. The summed E-state index contributed by atoms with van der Waals surface area (Å²) in [5.41, 5.74) is 0. The average molecular weight is 222 g/mol. The van der Waals surface area contributed by atoms with E-state index >= 15 is 0 Å². The summed E-state index contributed by atoms with van der Waals surface area (Å²) in [4.78, 5) is 11.1. The summed E-state index contributed by atoms with van der Waals surface area (Å²) < 4.78 is 0. The van der Waals surface area contributed by atoms with Crippen LogP contribution in [-0.2, 0) is 0 Å². The molecule has 0 aliphatic heterocycles. The molecule has 0 fully saturated rings. The molecule has 1 rings (SSSR count). The molecule has 1 N–H and O–H groups in total. The predicted molar refractivity (Wildman–Crippen MR) is 69.1 cm³/mol. The van der Waals surface area contributed by atoms with Crippen molar-refractivity contribution in [3.05, 3.63) is 11.9 Å². The third-order valence-corrected chi connectivity index (χ3v) is 2.44. The zero-order chi connectivity index (χ0) is 12.1. The molecule has 1 aromatic rings. The second kappa shape index (κ2) is 5.68. The van der Waals surface area contributed by atoms with Gasteiger partial charge in [0.15, 0.2) is 0 Å². The van der Waals surface area contributed by atoms with Crippen LogP contribution in [0, 0.1) is 6.92 Å². The molecule has 0 aliphatic carbocycles. The molecule has 4 nitrogen and oxygen atoms in total. The van der Waals surface area contributed by atoms with Gasteiger partial charge in [-0.2, -0.15) is 0 Å². The topological polar surface area (TPSA) is 41.0 Å². The third kappa shape index (κ3) is 3.08. The van der Waals surface area contributed by atoms with E-state index in [9.17, 15) is 0 Å². The molecule has 0 amide bonds. The Morgan fingerprint density at radius 2 is 2.00 bits per heavy atom. The number of aromatic nitrogens is 2. The number of rotatable bonds is 5. The van der Waals surface area contributed by atoms with Crippen LogP contribution in [0.1, 0.15) is 33.5 Å². The summed E-state index contributed by atoms with van der Waals surface area (Å²) in [5.74, 6) is 2.72. The zero-order valence-corrected chi connectivity index (χ0v) is 10.9. The lowest BCUT2D eigenvalue weighted by molar-refractivity contribution is 0.690. The monoisotopic (exact) mass is 222 g/mol. The Morgan fingerprint density at radius 3 is 2.50 bits per heavy atom. The molecule has 0 saturated heterocycles. The minimum absolute atomic E-state index is 0.453. The summed E-state index contributed by atoms with van der Waals surface area (Å²) in [6.07, 6.45) is 0. The summed E-state index contributed by atoms with van der Waals surface area (Å²) in [7, 11) is 0. The van der Waals surface area contributed by atoms with Gasteiger partial charge in [-0.25, -0.2) is 9.97 Å². The molecule has 0 saturated carbocycles. The van der Waals surface area contributed by atoms with Gasteiger partial charge >= 0.3 is 0 Å². The molecule has 0 spiro atoms. The lowest BCUT2D eigenvalue weighted by Gasteiger charge is -2.26. The molecule has 0 bridgehead atoms. The molecule has 1 heterocycles. The predicted octanol–water partition coefficient (Wildman–Crippen LogP) is 2.45. The number of hydrogen-bond acceptors (Lipinski definition) is 4. The van der Waals surface area contributed by atoms with Gasteiger partial charge in [-0.1, -0.05) is 0 Å². The van der Waals surface area contributed by atoms with E-state index in [4.69, 9.17) is 0 Å². The van der Waals surface area contributed by atoms with E-state index in [1.54, 1.807) is 0 Å². The minimum atomic E-state index is 0.453. The van der Waals surface area contributed by atoms with Crippen LogP contribution in [0.25, 0.3) is 0 Å². The van der Waals surface area contributed by atoms with Crippen LogP contribution < -0.4 is 10.2 Å². The van der Waals surface area contributed by atoms with Crippen molar-refractivity contribution < 1.29 is 0 Å². The Labute approximate surface area is 98.1 Å². The highest BCUT2D eigenvalue weighted by Crippen LogP contribution is 2.17. The van der Waals surface area contributed by atoms with Crippen LogP contribution >= 0.6 is 0 Å². The smallest absolute Gasteiger partial charge is 0.134 e. The molecule has 4 heteroatoms. The highest BCUT2D eigenvalue weighted by molar-refractivity contribution is 5.49. The molecule has 0 aliphatic rings. The molecule has 0 aromatic carbocycles. The van der Waals surface area contributed by atoms with Gasteiger partial charge in [-0.15, -0.1) is 0 Å². The van der Waals surface area contributed by atoms with Gasteiger partial charge in [0.05, 0.1) is 0 Å². The number of aryl methyl sites for hydroxylation is 1. The summed E-state index contributed by atoms with van der Waals surface area (Å²) in [6.45, 7) is 12.3. The van der Waals surface area contributed by atoms with Crippen molar-refractivity contribution in [3.63, 3.8) is 0 Å². The van der Waals surface area contributed by atoms with E-state index in [-0.39, 0.29) is 0 Å². The zero-order valence-electron chi connectivity index (χ0n) is 10.9. The lowest BCUT2D eigenvalue weighted by Crippen LogP contribution is -2.31. The molecular weight excluding hydrogens is 200 g/mol. The second-order valence-electron chi connectivity index (χ2n) is 4.07. The standard InChI is InChI=1S/C12H22N4/c1-6-13-11-8-12(15-10(5)14-11)16(7-2)9(3)4/h8-9H,6-7H2,1-5H3,(H,13,14,15). The first-order valence-electron chi connectivity index (χ1n) is 5.94. The van der Waals surface area contributed by atoms with Crippen molar-refractivity contribution >= 4 is 11.6 Å². The van der Waals surface area contributed by atoms with Crippen LogP contribution in [0.5, 0.6) is 0 Å². The van der Waals surface area contributed by atoms with E-state index in [2.05, 4.69) is 47.9 Å². The van der Waals surface area contributed by atoms with Crippen LogP contribution in [0.4, 0.5) is 11.6 Å². The van der Waals surface area contributed by atoms with Gasteiger partial charge in [0, 0.05) is 25.2 Å². The van der Waals surface area contributed by atoms with Gasteiger partial charge in [-0.05, 0) is 34.6 Å². The molecule has 1 aromatic heterocycles.